The summed E-state index contributed by atoms with van der Waals surface area (Å²) in [5, 5.41) is 3.40. The van der Waals surface area contributed by atoms with Gasteiger partial charge in [0, 0.05) is 29.0 Å². The van der Waals surface area contributed by atoms with Crippen LogP contribution in [0.1, 0.15) is 30.8 Å². The lowest BCUT2D eigenvalue weighted by Crippen LogP contribution is -2.30. The van der Waals surface area contributed by atoms with E-state index in [0.717, 1.165) is 23.1 Å². The van der Waals surface area contributed by atoms with Crippen LogP contribution in [0.3, 0.4) is 0 Å². The van der Waals surface area contributed by atoms with Gasteiger partial charge in [0.2, 0.25) is 0 Å². The Kier molecular flexibility index (Phi) is 6.12. The molecule has 1 amide bonds. The monoisotopic (exact) mass is 318 g/mol. The van der Waals surface area contributed by atoms with Crippen molar-refractivity contribution in [3.63, 3.8) is 0 Å². The molecule has 1 aromatic rings. The van der Waals surface area contributed by atoms with Crippen molar-refractivity contribution < 1.29 is 4.79 Å². The van der Waals surface area contributed by atoms with Gasteiger partial charge in [-0.3, -0.25) is 4.79 Å². The van der Waals surface area contributed by atoms with Gasteiger partial charge in [-0.2, -0.15) is 11.8 Å². The van der Waals surface area contributed by atoms with Crippen molar-refractivity contribution in [3.05, 3.63) is 22.4 Å². The number of rotatable bonds is 6. The van der Waals surface area contributed by atoms with Crippen molar-refractivity contribution in [2.75, 3.05) is 12.8 Å². The molecule has 1 atom stereocenters. The van der Waals surface area contributed by atoms with E-state index in [0.29, 0.717) is 11.8 Å². The van der Waals surface area contributed by atoms with Gasteiger partial charge in [-0.15, -0.1) is 0 Å². The van der Waals surface area contributed by atoms with Gasteiger partial charge in [0.05, 0.1) is 0 Å². The number of aryl methyl sites for hydroxylation is 1. The van der Waals surface area contributed by atoms with Gasteiger partial charge >= 0.3 is 0 Å². The van der Waals surface area contributed by atoms with Crippen LogP contribution in [0, 0.1) is 0 Å². The van der Waals surface area contributed by atoms with E-state index in [2.05, 4.69) is 35.1 Å². The highest BCUT2D eigenvalue weighted by Crippen LogP contribution is 2.15. The first-order valence-electron chi connectivity index (χ1n) is 5.75. The third kappa shape index (κ3) is 4.39. The lowest BCUT2D eigenvalue weighted by atomic mass is 10.3. The lowest BCUT2D eigenvalue weighted by molar-refractivity contribution is 0.0944. The topological polar surface area (TPSA) is 34.0 Å². The molecule has 1 unspecified atom stereocenters. The van der Waals surface area contributed by atoms with E-state index in [-0.39, 0.29) is 5.91 Å². The molecule has 1 aromatic heterocycles. The van der Waals surface area contributed by atoms with Crippen LogP contribution in [0.25, 0.3) is 0 Å². The first-order chi connectivity index (χ1) is 8.08. The summed E-state index contributed by atoms with van der Waals surface area (Å²) in [6.45, 7) is 5.78. The Bertz CT molecular complexity index is 379. The number of thioether (sulfide) groups is 1. The van der Waals surface area contributed by atoms with Gasteiger partial charge in [0.1, 0.15) is 5.69 Å². The Labute approximate surface area is 115 Å². The molecule has 1 heterocycles. The predicted octanol–water partition coefficient (Wildman–Crippen LogP) is 3.14. The fourth-order valence-corrected chi connectivity index (χ4v) is 2.22. The van der Waals surface area contributed by atoms with Crippen molar-refractivity contribution in [3.8, 4) is 0 Å². The highest BCUT2D eigenvalue weighted by molar-refractivity contribution is 9.10. The first kappa shape index (κ1) is 14.6. The van der Waals surface area contributed by atoms with Crippen LogP contribution in [-0.2, 0) is 6.54 Å². The molecule has 5 heteroatoms. The van der Waals surface area contributed by atoms with Crippen molar-refractivity contribution in [2.45, 2.75) is 32.1 Å². The van der Waals surface area contributed by atoms with Crippen molar-refractivity contribution in [2.24, 2.45) is 0 Å². The maximum atomic E-state index is 12.0. The highest BCUT2D eigenvalue weighted by atomic mass is 79.9. The van der Waals surface area contributed by atoms with Crippen LogP contribution in [-0.4, -0.2) is 28.5 Å². The van der Waals surface area contributed by atoms with E-state index < -0.39 is 0 Å². The van der Waals surface area contributed by atoms with E-state index in [1.165, 1.54) is 0 Å². The summed E-state index contributed by atoms with van der Waals surface area (Å²) < 4.78 is 2.94. The lowest BCUT2D eigenvalue weighted by Gasteiger charge is -2.11. The Morgan fingerprint density at radius 3 is 2.94 bits per heavy atom. The number of carbonyl (C=O) groups excluding carboxylic acids is 1. The SMILES string of the molecule is CCCn1cc(Br)cc1C(=O)NCC(C)SC. The fraction of sp³-hybridized carbons (Fsp3) is 0.583. The highest BCUT2D eigenvalue weighted by Gasteiger charge is 2.13. The molecule has 1 N–H and O–H groups in total. The minimum atomic E-state index is 0.00468. The molecule has 0 fully saturated rings. The second-order valence-electron chi connectivity index (χ2n) is 3.99. The average molecular weight is 319 g/mol. The van der Waals surface area contributed by atoms with Gasteiger partial charge in [-0.25, -0.2) is 0 Å². The second kappa shape index (κ2) is 7.11. The number of halogens is 1. The van der Waals surface area contributed by atoms with E-state index >= 15 is 0 Å². The van der Waals surface area contributed by atoms with E-state index in [9.17, 15) is 4.79 Å². The molecule has 0 radical (unpaired) electrons. The van der Waals surface area contributed by atoms with Crippen molar-refractivity contribution in [1.29, 1.82) is 0 Å². The summed E-state index contributed by atoms with van der Waals surface area (Å²) in [6, 6.07) is 1.87. The molecule has 96 valence electrons. The number of nitrogens with one attached hydrogen (secondary N) is 1. The van der Waals surface area contributed by atoms with Crippen LogP contribution in [0.4, 0.5) is 0 Å². The number of hydrogen-bond donors (Lipinski definition) is 1. The van der Waals surface area contributed by atoms with E-state index in [4.69, 9.17) is 0 Å². The molecule has 0 aliphatic rings. The number of nitrogens with zero attached hydrogens (tertiary/aromatic N) is 1. The minimum absolute atomic E-state index is 0.00468. The third-order valence-electron chi connectivity index (χ3n) is 2.51. The largest absolute Gasteiger partial charge is 0.350 e. The van der Waals surface area contributed by atoms with Gasteiger partial charge in [0.25, 0.3) is 5.91 Å². The summed E-state index contributed by atoms with van der Waals surface area (Å²) in [7, 11) is 0. The molecule has 0 aliphatic heterocycles. The molecule has 0 aliphatic carbocycles. The van der Waals surface area contributed by atoms with E-state index in [1.807, 2.05) is 23.1 Å². The van der Waals surface area contributed by atoms with Crippen molar-refractivity contribution >= 4 is 33.6 Å². The Balaban J connectivity index is 2.67. The Morgan fingerprint density at radius 2 is 2.35 bits per heavy atom. The van der Waals surface area contributed by atoms with E-state index in [1.54, 1.807) is 11.8 Å². The molecule has 1 rings (SSSR count). The number of carbonyl (C=O) groups is 1. The molecule has 0 saturated heterocycles. The molecule has 3 nitrogen and oxygen atoms in total. The summed E-state index contributed by atoms with van der Waals surface area (Å²) in [5.74, 6) is 0.00468. The number of amides is 1. The molecule has 17 heavy (non-hydrogen) atoms. The second-order valence-corrected chi connectivity index (χ2v) is 6.19. The smallest absolute Gasteiger partial charge is 0.267 e. The molecule has 0 spiro atoms. The van der Waals surface area contributed by atoms with Gasteiger partial charge < -0.3 is 9.88 Å². The summed E-state index contributed by atoms with van der Waals surface area (Å²) >= 11 is 5.16. The van der Waals surface area contributed by atoms with Crippen LogP contribution in [0.2, 0.25) is 0 Å². The molecule has 0 saturated carbocycles. The summed E-state index contributed by atoms with van der Waals surface area (Å²) in [5.41, 5.74) is 0.729. The minimum Gasteiger partial charge on any atom is -0.350 e. The maximum absolute atomic E-state index is 12.0. The average Bonchev–Trinajstić information content (AvgIpc) is 2.67. The normalized spacial score (nSPS) is 12.5. The summed E-state index contributed by atoms with van der Waals surface area (Å²) in [6.07, 6.45) is 5.02. The predicted molar refractivity (Wildman–Crippen MR) is 77.7 cm³/mol. The Morgan fingerprint density at radius 1 is 1.65 bits per heavy atom. The Hall–Kier alpha value is -0.420. The molecule has 0 aromatic carbocycles. The fourth-order valence-electron chi connectivity index (χ4n) is 1.50. The van der Waals surface area contributed by atoms with Gasteiger partial charge in [-0.05, 0) is 34.7 Å². The number of aromatic nitrogens is 1. The zero-order valence-electron chi connectivity index (χ0n) is 10.5. The number of hydrogen-bond acceptors (Lipinski definition) is 2. The zero-order chi connectivity index (χ0) is 12.8. The standard InChI is InChI=1S/C12H19BrN2OS/c1-4-5-15-8-10(13)6-11(15)12(16)14-7-9(2)17-3/h6,8-9H,4-5,7H2,1-3H3,(H,14,16). The van der Waals surface area contributed by atoms with Crippen LogP contribution in [0.15, 0.2) is 16.7 Å². The molecule has 0 bridgehead atoms. The van der Waals surface area contributed by atoms with Crippen LogP contribution >= 0.6 is 27.7 Å². The third-order valence-corrected chi connectivity index (χ3v) is 3.92. The van der Waals surface area contributed by atoms with Crippen molar-refractivity contribution in [1.82, 2.24) is 9.88 Å². The van der Waals surface area contributed by atoms with Crippen LogP contribution in [0.5, 0.6) is 0 Å². The zero-order valence-corrected chi connectivity index (χ0v) is 12.9. The van der Waals surface area contributed by atoms with Gasteiger partial charge in [-0.1, -0.05) is 13.8 Å². The molecular formula is C12H19BrN2OS. The van der Waals surface area contributed by atoms with Gasteiger partial charge in [0.15, 0.2) is 0 Å². The van der Waals surface area contributed by atoms with Crippen LogP contribution < -0.4 is 5.32 Å². The maximum Gasteiger partial charge on any atom is 0.267 e. The summed E-state index contributed by atoms with van der Waals surface area (Å²) in [4.78, 5) is 12.0. The quantitative estimate of drug-likeness (QED) is 0.874. The molecular weight excluding hydrogens is 300 g/mol. The first-order valence-corrected chi connectivity index (χ1v) is 7.83.